The van der Waals surface area contributed by atoms with E-state index in [2.05, 4.69) is 15.5 Å². The highest BCUT2D eigenvalue weighted by Crippen LogP contribution is 2.17. The van der Waals surface area contributed by atoms with Crippen LogP contribution < -0.4 is 5.32 Å². The predicted octanol–water partition coefficient (Wildman–Crippen LogP) is 1.95. The third kappa shape index (κ3) is 3.70. The average Bonchev–Trinajstić information content (AvgIpc) is 3.10. The zero-order valence-corrected chi connectivity index (χ0v) is 14.3. The molecule has 1 atom stereocenters. The van der Waals surface area contributed by atoms with E-state index in [9.17, 15) is 14.0 Å². The zero-order valence-electron chi connectivity index (χ0n) is 14.3. The number of aromatic amines is 1. The van der Waals surface area contributed by atoms with Crippen LogP contribution in [0.2, 0.25) is 0 Å². The van der Waals surface area contributed by atoms with Gasteiger partial charge in [0.1, 0.15) is 5.82 Å². The van der Waals surface area contributed by atoms with Crippen molar-refractivity contribution in [1.29, 1.82) is 0 Å². The largest absolute Gasteiger partial charge is 0.346 e. The third-order valence-electron chi connectivity index (χ3n) is 4.49. The van der Waals surface area contributed by atoms with Gasteiger partial charge in [-0.05, 0) is 31.0 Å². The first kappa shape index (κ1) is 17.1. The third-order valence-corrected chi connectivity index (χ3v) is 4.49. The fraction of sp³-hybridized carbons (Fsp3) is 0.389. The molecule has 6 nitrogen and oxygen atoms in total. The van der Waals surface area contributed by atoms with Crippen molar-refractivity contribution < 1.29 is 14.0 Å². The first-order valence-corrected chi connectivity index (χ1v) is 8.34. The van der Waals surface area contributed by atoms with E-state index >= 15 is 0 Å². The molecule has 1 aromatic heterocycles. The number of hydrogen-bond donors (Lipinski definition) is 2. The number of hydrogen-bond acceptors (Lipinski definition) is 3. The first-order valence-electron chi connectivity index (χ1n) is 8.34. The Morgan fingerprint density at radius 1 is 1.48 bits per heavy atom. The van der Waals surface area contributed by atoms with Crippen LogP contribution in [0.5, 0.6) is 0 Å². The Kier molecular flexibility index (Phi) is 4.83. The number of benzene rings is 1. The maximum Gasteiger partial charge on any atom is 0.272 e. The zero-order chi connectivity index (χ0) is 18.0. The number of aryl methyl sites for hydroxylation is 1. The summed E-state index contributed by atoms with van der Waals surface area (Å²) in [6.45, 7) is 4.59. The van der Waals surface area contributed by atoms with Gasteiger partial charge < -0.3 is 10.2 Å². The lowest BCUT2D eigenvalue weighted by Crippen LogP contribution is -2.37. The van der Waals surface area contributed by atoms with Crippen LogP contribution in [0.4, 0.5) is 4.39 Å². The molecule has 25 heavy (non-hydrogen) atoms. The number of halogens is 1. The van der Waals surface area contributed by atoms with Gasteiger partial charge in [-0.3, -0.25) is 14.7 Å². The van der Waals surface area contributed by atoms with Gasteiger partial charge in [0.15, 0.2) is 5.69 Å². The molecule has 2 N–H and O–H groups in total. The van der Waals surface area contributed by atoms with Crippen LogP contribution in [0, 0.1) is 12.7 Å². The Bertz CT molecular complexity index is 802. The Labute approximate surface area is 145 Å². The topological polar surface area (TPSA) is 78.1 Å². The quantitative estimate of drug-likeness (QED) is 0.870. The van der Waals surface area contributed by atoms with E-state index in [1.54, 1.807) is 17.0 Å². The van der Waals surface area contributed by atoms with Crippen LogP contribution in [-0.4, -0.2) is 39.5 Å². The Balaban J connectivity index is 1.62. The van der Waals surface area contributed by atoms with Gasteiger partial charge in [0.05, 0.1) is 6.04 Å². The average molecular weight is 344 g/mol. The number of carbonyl (C=O) groups excluding carboxylic acids is 2. The minimum Gasteiger partial charge on any atom is -0.346 e. The molecule has 132 valence electrons. The van der Waals surface area contributed by atoms with E-state index in [0.29, 0.717) is 18.8 Å². The number of aromatic nitrogens is 2. The van der Waals surface area contributed by atoms with Crippen molar-refractivity contribution in [2.24, 2.45) is 0 Å². The van der Waals surface area contributed by atoms with Gasteiger partial charge in [-0.25, -0.2) is 4.39 Å². The second kappa shape index (κ2) is 7.04. The summed E-state index contributed by atoms with van der Waals surface area (Å²) in [6.07, 6.45) is 1.01. The highest BCUT2D eigenvalue weighted by atomic mass is 19.1. The number of rotatable bonds is 5. The van der Waals surface area contributed by atoms with Crippen LogP contribution in [-0.2, 0) is 17.8 Å². The number of nitrogens with one attached hydrogen (secondary N) is 2. The molecule has 1 aliphatic heterocycles. The van der Waals surface area contributed by atoms with Crippen molar-refractivity contribution in [1.82, 2.24) is 20.4 Å². The molecule has 1 aliphatic rings. The standard InChI is InChI=1S/C18H21FN4O2/c1-3-15-11(2)17(22-21-15)18(25)20-14-8-16(24)23(10-14)9-12-5-4-6-13(19)7-12/h4-7,14H,3,8-10H2,1-2H3,(H,20,25)(H,21,22). The molecule has 0 aliphatic carbocycles. The molecular weight excluding hydrogens is 323 g/mol. The summed E-state index contributed by atoms with van der Waals surface area (Å²) in [5.41, 5.74) is 2.87. The lowest BCUT2D eigenvalue weighted by atomic mass is 10.1. The van der Waals surface area contributed by atoms with Crippen molar-refractivity contribution in [3.05, 3.63) is 52.6 Å². The molecule has 0 bridgehead atoms. The molecule has 0 spiro atoms. The summed E-state index contributed by atoms with van der Waals surface area (Å²) < 4.78 is 13.3. The molecule has 0 saturated carbocycles. The lowest BCUT2D eigenvalue weighted by molar-refractivity contribution is -0.128. The highest BCUT2D eigenvalue weighted by Gasteiger charge is 2.31. The van der Waals surface area contributed by atoms with Crippen molar-refractivity contribution in [2.75, 3.05) is 6.54 Å². The van der Waals surface area contributed by atoms with Crippen LogP contribution in [0.1, 0.15) is 40.7 Å². The van der Waals surface area contributed by atoms with Crippen LogP contribution in [0.3, 0.4) is 0 Å². The Morgan fingerprint density at radius 3 is 2.96 bits per heavy atom. The second-order valence-corrected chi connectivity index (χ2v) is 6.31. The molecule has 2 heterocycles. The van der Waals surface area contributed by atoms with Crippen molar-refractivity contribution in [2.45, 2.75) is 39.3 Å². The van der Waals surface area contributed by atoms with Crippen molar-refractivity contribution in [3.63, 3.8) is 0 Å². The van der Waals surface area contributed by atoms with Gasteiger partial charge in [0.2, 0.25) is 5.91 Å². The summed E-state index contributed by atoms with van der Waals surface area (Å²) in [4.78, 5) is 26.2. The molecule has 7 heteroatoms. The number of amides is 2. The van der Waals surface area contributed by atoms with Gasteiger partial charge in [-0.2, -0.15) is 5.10 Å². The van der Waals surface area contributed by atoms with E-state index in [-0.39, 0.29) is 30.1 Å². The maximum atomic E-state index is 13.3. The van der Waals surface area contributed by atoms with Crippen LogP contribution >= 0.6 is 0 Å². The number of H-pyrrole nitrogens is 1. The minimum absolute atomic E-state index is 0.0532. The molecule has 1 unspecified atom stereocenters. The first-order chi connectivity index (χ1) is 12.0. The number of likely N-dealkylation sites (tertiary alicyclic amines) is 1. The molecule has 3 rings (SSSR count). The smallest absolute Gasteiger partial charge is 0.272 e. The fourth-order valence-electron chi connectivity index (χ4n) is 3.13. The summed E-state index contributed by atoms with van der Waals surface area (Å²) in [7, 11) is 0. The van der Waals surface area contributed by atoms with Crippen molar-refractivity contribution >= 4 is 11.8 Å². The van der Waals surface area contributed by atoms with Gasteiger partial charge in [-0.1, -0.05) is 19.1 Å². The van der Waals surface area contributed by atoms with Gasteiger partial charge in [-0.15, -0.1) is 0 Å². The van der Waals surface area contributed by atoms with Crippen LogP contribution in [0.15, 0.2) is 24.3 Å². The monoisotopic (exact) mass is 344 g/mol. The second-order valence-electron chi connectivity index (χ2n) is 6.31. The lowest BCUT2D eigenvalue weighted by Gasteiger charge is -2.17. The van der Waals surface area contributed by atoms with E-state index in [1.807, 2.05) is 13.8 Å². The molecule has 0 radical (unpaired) electrons. The van der Waals surface area contributed by atoms with E-state index < -0.39 is 0 Å². The summed E-state index contributed by atoms with van der Waals surface area (Å²) in [5, 5.41) is 9.80. The molecule has 2 aromatic rings. The maximum absolute atomic E-state index is 13.3. The minimum atomic E-state index is -0.324. The molecule has 1 fully saturated rings. The summed E-state index contributed by atoms with van der Waals surface area (Å²) in [6, 6.07) is 5.92. The summed E-state index contributed by atoms with van der Waals surface area (Å²) >= 11 is 0. The number of carbonyl (C=O) groups is 2. The molecular formula is C18H21FN4O2. The molecule has 1 aromatic carbocycles. The summed E-state index contributed by atoms with van der Waals surface area (Å²) in [5.74, 6) is -0.656. The predicted molar refractivity (Wildman–Crippen MR) is 90.4 cm³/mol. The van der Waals surface area contributed by atoms with Gasteiger partial charge >= 0.3 is 0 Å². The van der Waals surface area contributed by atoms with Gasteiger partial charge in [0.25, 0.3) is 5.91 Å². The van der Waals surface area contributed by atoms with Gasteiger partial charge in [0, 0.05) is 30.8 Å². The van der Waals surface area contributed by atoms with E-state index in [0.717, 1.165) is 23.2 Å². The van der Waals surface area contributed by atoms with Crippen LogP contribution in [0.25, 0.3) is 0 Å². The normalized spacial score (nSPS) is 17.2. The Morgan fingerprint density at radius 2 is 2.28 bits per heavy atom. The molecule has 1 saturated heterocycles. The number of nitrogens with zero attached hydrogens (tertiary/aromatic N) is 2. The SMILES string of the molecule is CCc1[nH]nc(C(=O)NC2CC(=O)N(Cc3cccc(F)c3)C2)c1C. The van der Waals surface area contributed by atoms with Crippen molar-refractivity contribution in [3.8, 4) is 0 Å². The molecule has 2 amide bonds. The van der Waals surface area contributed by atoms with E-state index in [1.165, 1.54) is 12.1 Å². The fourth-order valence-corrected chi connectivity index (χ4v) is 3.13. The Hall–Kier alpha value is -2.70. The highest BCUT2D eigenvalue weighted by molar-refractivity contribution is 5.94. The van der Waals surface area contributed by atoms with E-state index in [4.69, 9.17) is 0 Å².